The number of fused-ring (bicyclic) bond motifs is 3. The van der Waals surface area contributed by atoms with E-state index in [2.05, 4.69) is 78.9 Å². The predicted octanol–water partition coefficient (Wildman–Crippen LogP) is 10.5. The van der Waals surface area contributed by atoms with Crippen molar-refractivity contribution >= 4 is 59.1 Å². The molecule has 0 bridgehead atoms. The van der Waals surface area contributed by atoms with Gasteiger partial charge in [0.25, 0.3) is 0 Å². The van der Waals surface area contributed by atoms with E-state index in [9.17, 15) is 0 Å². The van der Waals surface area contributed by atoms with Crippen LogP contribution >= 0.6 is 11.3 Å². The van der Waals surface area contributed by atoms with Gasteiger partial charge in [-0.05, 0) is 90.3 Å². The van der Waals surface area contributed by atoms with E-state index in [4.69, 9.17) is 21.3 Å². The Balaban J connectivity index is 1.08. The average molecular weight is 645 g/mol. The number of aryl methyl sites for hydroxylation is 2. The molecule has 0 aliphatic rings. The van der Waals surface area contributed by atoms with Crippen LogP contribution in [0.4, 0.5) is 0 Å². The minimum absolute atomic E-state index is 0.628. The number of rotatable bonds is 8. The topological polar surface area (TPSA) is 53.5 Å². The molecule has 8 aromatic rings. The molecule has 0 saturated heterocycles. The van der Waals surface area contributed by atoms with Crippen LogP contribution in [0.25, 0.3) is 53.5 Å². The van der Waals surface area contributed by atoms with Gasteiger partial charge in [0.2, 0.25) is 0 Å². The molecule has 3 aromatic heterocycles. The number of nitrogens with zero attached hydrogens (tertiary/aromatic N) is 2. The Morgan fingerprint density at radius 2 is 1.00 bits per heavy atom. The van der Waals surface area contributed by atoms with Gasteiger partial charge >= 0.3 is 15.1 Å². The lowest BCUT2D eigenvalue weighted by molar-refractivity contribution is 0.310. The summed E-state index contributed by atoms with van der Waals surface area (Å²) in [6, 6.07) is 47.5. The van der Waals surface area contributed by atoms with Crippen molar-refractivity contribution in [2.45, 2.75) is 13.8 Å². The van der Waals surface area contributed by atoms with Crippen molar-refractivity contribution in [3.05, 3.63) is 151 Å². The monoisotopic (exact) mass is 644 g/mol. The first kappa shape index (κ1) is 29.2. The lowest BCUT2D eigenvalue weighted by Crippen LogP contribution is -2.37. The lowest BCUT2D eigenvalue weighted by Gasteiger charge is -2.18. The van der Waals surface area contributed by atoms with Gasteiger partial charge in [-0.15, -0.1) is 11.3 Å². The largest absolute Gasteiger partial charge is 1.20 e. The molecule has 0 saturated carbocycles. The average Bonchev–Trinajstić information content (AvgIpc) is 3.59. The van der Waals surface area contributed by atoms with Gasteiger partial charge < -0.3 is 11.4 Å². The van der Waals surface area contributed by atoms with E-state index in [-0.39, 0.29) is 0 Å². The number of thiophene rings is 1. The van der Waals surface area contributed by atoms with E-state index in [1.165, 1.54) is 26.1 Å². The Hall–Kier alpha value is -5.19. The maximum Gasteiger partial charge on any atom is 1.20 e. The Morgan fingerprint density at radius 1 is 0.468 bits per heavy atom. The van der Waals surface area contributed by atoms with Crippen LogP contribution in [0.5, 0.6) is 17.2 Å². The third-order valence-corrected chi connectivity index (χ3v) is 10.6. The SMILES string of the molecule is Cc1ccc2cccc([O][Al]([O]c3ccc(-c4ccc(-c5ccc6ccccc6c5)s4)cc3)[O]c3cccc4ccc(C)nc34)c2n1. The van der Waals surface area contributed by atoms with E-state index in [0.29, 0.717) is 17.2 Å². The van der Waals surface area contributed by atoms with Crippen LogP contribution in [0.3, 0.4) is 0 Å². The third kappa shape index (κ3) is 6.17. The summed E-state index contributed by atoms with van der Waals surface area (Å²) in [5, 5.41) is 4.48. The van der Waals surface area contributed by atoms with E-state index >= 15 is 0 Å². The summed E-state index contributed by atoms with van der Waals surface area (Å²) in [6.45, 7) is 3.95. The first-order valence-corrected chi connectivity index (χ1v) is 17.7. The van der Waals surface area contributed by atoms with Crippen molar-refractivity contribution in [3.63, 3.8) is 0 Å². The number of hydrogen-bond donors (Lipinski definition) is 0. The highest BCUT2D eigenvalue weighted by Crippen LogP contribution is 2.36. The molecular weight excluding hydrogens is 616 g/mol. The van der Waals surface area contributed by atoms with E-state index in [1.807, 2.05) is 74.5 Å². The van der Waals surface area contributed by atoms with Gasteiger partial charge in [0.05, 0.1) is 5.75 Å². The van der Waals surface area contributed by atoms with Crippen molar-refractivity contribution in [1.82, 2.24) is 9.97 Å². The van der Waals surface area contributed by atoms with Gasteiger partial charge in [-0.3, -0.25) is 0 Å². The van der Waals surface area contributed by atoms with Crippen molar-refractivity contribution in [2.24, 2.45) is 0 Å². The van der Waals surface area contributed by atoms with Crippen molar-refractivity contribution in [2.75, 3.05) is 0 Å². The standard InChI is InChI=1S/C20H14OS.2C10H9NO.Al/c21-18-9-7-15(8-10-18)19-11-12-20(22-19)17-6-5-14-3-1-2-4-16(14)13-17;2*1-7-5-6-8-3-2-4-9(12)10(8)11-7;/h1-13,21H;2*2-6,12H,1H3;/q;;;+3/p-3. The lowest BCUT2D eigenvalue weighted by atomic mass is 10.1. The molecule has 8 rings (SSSR count). The zero-order valence-electron chi connectivity index (χ0n) is 25.9. The van der Waals surface area contributed by atoms with Crippen molar-refractivity contribution < 1.29 is 11.4 Å². The highest BCUT2D eigenvalue weighted by molar-refractivity contribution is 7.18. The maximum absolute atomic E-state index is 6.57. The summed E-state index contributed by atoms with van der Waals surface area (Å²) in [5.74, 6) is 1.93. The zero-order valence-corrected chi connectivity index (χ0v) is 27.9. The zero-order chi connectivity index (χ0) is 31.7. The van der Waals surface area contributed by atoms with Gasteiger partial charge in [-0.1, -0.05) is 84.9 Å². The molecule has 0 fully saturated rings. The van der Waals surface area contributed by atoms with Crippen LogP contribution in [0.1, 0.15) is 11.4 Å². The number of aromatic nitrogens is 2. The van der Waals surface area contributed by atoms with Crippen LogP contribution in [-0.2, 0) is 0 Å². The summed E-state index contributed by atoms with van der Waals surface area (Å²) >= 11 is -1.10. The molecule has 0 aliphatic heterocycles. The summed E-state index contributed by atoms with van der Waals surface area (Å²) in [4.78, 5) is 12.0. The summed E-state index contributed by atoms with van der Waals surface area (Å²) < 4.78 is 19.7. The number of benzene rings is 5. The molecule has 47 heavy (non-hydrogen) atoms. The molecule has 226 valence electrons. The van der Waals surface area contributed by atoms with E-state index < -0.39 is 15.1 Å². The van der Waals surface area contributed by atoms with Crippen LogP contribution in [0.2, 0.25) is 0 Å². The number of pyridine rings is 2. The molecule has 0 spiro atoms. The first-order chi connectivity index (χ1) is 23.1. The van der Waals surface area contributed by atoms with Crippen LogP contribution < -0.4 is 11.4 Å². The molecule has 0 radical (unpaired) electrons. The van der Waals surface area contributed by atoms with Gasteiger partial charge in [0.15, 0.2) is 0 Å². The molecule has 0 unspecified atom stereocenters. The van der Waals surface area contributed by atoms with Crippen LogP contribution in [-0.4, -0.2) is 25.1 Å². The fourth-order valence-electron chi connectivity index (χ4n) is 5.70. The Morgan fingerprint density at radius 3 is 1.64 bits per heavy atom. The third-order valence-electron chi connectivity index (χ3n) is 8.10. The minimum atomic E-state index is -2.88. The quantitative estimate of drug-likeness (QED) is 0.154. The first-order valence-electron chi connectivity index (χ1n) is 15.5. The molecule has 5 aromatic carbocycles. The second kappa shape index (κ2) is 12.5. The Bertz CT molecular complexity index is 2300. The molecular formula is C40H29AlN2O3S. The summed E-state index contributed by atoms with van der Waals surface area (Å²) in [5.41, 5.74) is 5.72. The maximum atomic E-state index is 6.57. The fraction of sp³-hybridized carbons (Fsp3) is 0.0500. The van der Waals surface area contributed by atoms with Gasteiger partial charge in [-0.2, -0.15) is 0 Å². The van der Waals surface area contributed by atoms with Gasteiger partial charge in [-0.25, -0.2) is 9.97 Å². The van der Waals surface area contributed by atoms with Gasteiger partial charge in [0.1, 0.15) is 22.5 Å². The molecule has 0 atom stereocenters. The van der Waals surface area contributed by atoms with Crippen LogP contribution in [0.15, 0.2) is 140 Å². The highest BCUT2D eigenvalue weighted by atomic mass is 32.1. The fourth-order valence-corrected chi connectivity index (χ4v) is 8.03. The summed E-state index contributed by atoms with van der Waals surface area (Å²) in [7, 11) is 0. The molecule has 3 heterocycles. The smallest absolute Gasteiger partial charge is 0.577 e. The number of hydrogen-bond acceptors (Lipinski definition) is 6. The summed E-state index contributed by atoms with van der Waals surface area (Å²) in [6.07, 6.45) is 0. The predicted molar refractivity (Wildman–Crippen MR) is 193 cm³/mol. The van der Waals surface area contributed by atoms with E-state index in [0.717, 1.165) is 38.8 Å². The molecule has 0 amide bonds. The second-order valence-electron chi connectivity index (χ2n) is 11.5. The van der Waals surface area contributed by atoms with Crippen LogP contribution in [0, 0.1) is 13.8 Å². The molecule has 0 aliphatic carbocycles. The normalized spacial score (nSPS) is 11.2. The molecule has 7 heteroatoms. The Labute approximate surface area is 282 Å². The van der Waals surface area contributed by atoms with Gasteiger partial charge in [0, 0.05) is 31.9 Å². The molecule has 5 nitrogen and oxygen atoms in total. The van der Waals surface area contributed by atoms with Crippen molar-refractivity contribution in [3.8, 4) is 38.1 Å². The Kier molecular flexibility index (Phi) is 7.80. The van der Waals surface area contributed by atoms with E-state index in [1.54, 1.807) is 11.3 Å². The highest BCUT2D eigenvalue weighted by Gasteiger charge is 2.45. The number of para-hydroxylation sites is 2. The molecule has 0 N–H and O–H groups in total. The minimum Gasteiger partial charge on any atom is -0.577 e. The van der Waals surface area contributed by atoms with Crippen molar-refractivity contribution in [1.29, 1.82) is 0 Å². The second-order valence-corrected chi connectivity index (χ2v) is 13.8.